The Labute approximate surface area is 104 Å². The first-order valence-electron chi connectivity index (χ1n) is 6.74. The highest BCUT2D eigenvalue weighted by Crippen LogP contribution is 2.37. The molecule has 3 atom stereocenters. The lowest BCUT2D eigenvalue weighted by atomic mass is 9.81. The van der Waals surface area contributed by atoms with Crippen LogP contribution in [0, 0.1) is 5.92 Å². The van der Waals surface area contributed by atoms with Crippen LogP contribution in [-0.4, -0.2) is 51.7 Å². The summed E-state index contributed by atoms with van der Waals surface area (Å²) in [6, 6.07) is 0.450. The molecule has 2 heterocycles. The van der Waals surface area contributed by atoms with Crippen LogP contribution in [0.3, 0.4) is 0 Å². The molecule has 4 nitrogen and oxygen atoms in total. The Kier molecular flexibility index (Phi) is 4.79. The van der Waals surface area contributed by atoms with Gasteiger partial charge in [0, 0.05) is 32.8 Å². The van der Waals surface area contributed by atoms with Crippen molar-refractivity contribution in [3.8, 4) is 0 Å². The van der Waals surface area contributed by atoms with Gasteiger partial charge in [0.2, 0.25) is 0 Å². The molecule has 0 saturated carbocycles. The monoisotopic (exact) mass is 243 g/mol. The van der Waals surface area contributed by atoms with Crippen LogP contribution in [0.25, 0.3) is 0 Å². The normalized spacial score (nSPS) is 35.3. The molecule has 0 aromatic heterocycles. The van der Waals surface area contributed by atoms with Crippen molar-refractivity contribution in [2.45, 2.75) is 37.8 Å². The minimum absolute atomic E-state index is 0.00430. The highest BCUT2D eigenvalue weighted by molar-refractivity contribution is 4.93. The highest BCUT2D eigenvalue weighted by Gasteiger charge is 2.42. The molecule has 4 heteroatoms. The molecular weight excluding hydrogens is 218 g/mol. The number of rotatable bonds is 5. The van der Waals surface area contributed by atoms with Crippen molar-refractivity contribution in [1.82, 2.24) is 5.32 Å². The first kappa shape index (κ1) is 13.3. The Balaban J connectivity index is 1.94. The van der Waals surface area contributed by atoms with Gasteiger partial charge < -0.3 is 19.5 Å². The summed E-state index contributed by atoms with van der Waals surface area (Å²) in [6.45, 7) is 6.42. The number of methoxy groups -OCH3 is 1. The third-order valence-electron chi connectivity index (χ3n) is 3.98. The maximum atomic E-state index is 5.97. The molecule has 100 valence electrons. The third-order valence-corrected chi connectivity index (χ3v) is 3.98. The second-order valence-corrected chi connectivity index (χ2v) is 5.21. The largest absolute Gasteiger partial charge is 0.383 e. The Morgan fingerprint density at radius 2 is 2.35 bits per heavy atom. The molecule has 3 unspecified atom stereocenters. The molecule has 0 amide bonds. The van der Waals surface area contributed by atoms with Crippen LogP contribution in [0.4, 0.5) is 0 Å². The van der Waals surface area contributed by atoms with Crippen molar-refractivity contribution in [3.63, 3.8) is 0 Å². The van der Waals surface area contributed by atoms with Crippen LogP contribution in [0.2, 0.25) is 0 Å². The first-order valence-corrected chi connectivity index (χ1v) is 6.74. The van der Waals surface area contributed by atoms with E-state index in [9.17, 15) is 0 Å². The maximum absolute atomic E-state index is 5.97. The summed E-state index contributed by atoms with van der Waals surface area (Å²) in [5.74, 6) is 0.644. The molecule has 0 aliphatic carbocycles. The van der Waals surface area contributed by atoms with Gasteiger partial charge in [-0.1, -0.05) is 6.92 Å². The second-order valence-electron chi connectivity index (χ2n) is 5.21. The van der Waals surface area contributed by atoms with Crippen molar-refractivity contribution in [3.05, 3.63) is 0 Å². The minimum Gasteiger partial charge on any atom is -0.383 e. The van der Waals surface area contributed by atoms with Gasteiger partial charge in [-0.3, -0.25) is 0 Å². The molecule has 17 heavy (non-hydrogen) atoms. The standard InChI is InChI=1S/C13H25NO3/c1-3-14-12(9-15-2)11-4-6-17-13(8-11)5-7-16-10-13/h11-12,14H,3-10H2,1-2H3. The van der Waals surface area contributed by atoms with Gasteiger partial charge in [0.15, 0.2) is 0 Å². The fourth-order valence-electron chi connectivity index (χ4n) is 3.08. The summed E-state index contributed by atoms with van der Waals surface area (Å²) >= 11 is 0. The van der Waals surface area contributed by atoms with Crippen LogP contribution in [0.5, 0.6) is 0 Å². The number of hydrogen-bond donors (Lipinski definition) is 1. The zero-order valence-corrected chi connectivity index (χ0v) is 11.0. The van der Waals surface area contributed by atoms with E-state index in [1.807, 2.05) is 0 Å². The molecule has 0 aromatic carbocycles. The lowest BCUT2D eigenvalue weighted by molar-refractivity contribution is -0.105. The number of ether oxygens (including phenoxy) is 3. The highest BCUT2D eigenvalue weighted by atomic mass is 16.6. The molecule has 0 bridgehead atoms. The Bertz CT molecular complexity index is 223. The van der Waals surface area contributed by atoms with E-state index in [0.29, 0.717) is 12.0 Å². The van der Waals surface area contributed by atoms with Crippen LogP contribution in [0.15, 0.2) is 0 Å². The van der Waals surface area contributed by atoms with E-state index in [2.05, 4.69) is 12.2 Å². The maximum Gasteiger partial charge on any atom is 0.0939 e. The quantitative estimate of drug-likeness (QED) is 0.787. The van der Waals surface area contributed by atoms with E-state index >= 15 is 0 Å². The predicted octanol–water partition coefficient (Wildman–Crippen LogP) is 1.20. The zero-order chi connectivity index (χ0) is 12.1. The van der Waals surface area contributed by atoms with Crippen LogP contribution in [-0.2, 0) is 14.2 Å². The topological polar surface area (TPSA) is 39.7 Å². The SMILES string of the molecule is CCNC(COC)C1CCOC2(CCOC2)C1. The van der Waals surface area contributed by atoms with Crippen molar-refractivity contribution in [2.75, 3.05) is 40.1 Å². The van der Waals surface area contributed by atoms with Crippen LogP contribution >= 0.6 is 0 Å². The fourth-order valence-corrected chi connectivity index (χ4v) is 3.08. The van der Waals surface area contributed by atoms with Crippen LogP contribution < -0.4 is 5.32 Å². The number of likely N-dealkylation sites (N-methyl/N-ethyl adjacent to an activating group) is 1. The third kappa shape index (κ3) is 3.19. The fraction of sp³-hybridized carbons (Fsp3) is 1.00. The van der Waals surface area contributed by atoms with Gasteiger partial charge in [0.25, 0.3) is 0 Å². The molecule has 0 aromatic rings. The van der Waals surface area contributed by atoms with E-state index in [0.717, 1.165) is 52.2 Å². The van der Waals surface area contributed by atoms with E-state index in [1.54, 1.807) is 7.11 Å². The predicted molar refractivity (Wildman–Crippen MR) is 66.2 cm³/mol. The molecule has 0 radical (unpaired) electrons. The molecule has 2 aliphatic heterocycles. The summed E-state index contributed by atoms with van der Waals surface area (Å²) in [7, 11) is 1.78. The lowest BCUT2D eigenvalue weighted by Gasteiger charge is -2.40. The second kappa shape index (κ2) is 6.14. The van der Waals surface area contributed by atoms with Gasteiger partial charge in [-0.2, -0.15) is 0 Å². The van der Waals surface area contributed by atoms with Crippen molar-refractivity contribution in [2.24, 2.45) is 5.92 Å². The smallest absolute Gasteiger partial charge is 0.0939 e. The average molecular weight is 243 g/mol. The minimum atomic E-state index is 0.00430. The van der Waals surface area contributed by atoms with Gasteiger partial charge in [0.1, 0.15) is 0 Å². The Hall–Kier alpha value is -0.160. The van der Waals surface area contributed by atoms with Crippen molar-refractivity contribution >= 4 is 0 Å². The van der Waals surface area contributed by atoms with Gasteiger partial charge in [-0.15, -0.1) is 0 Å². The van der Waals surface area contributed by atoms with E-state index < -0.39 is 0 Å². The molecule has 2 aliphatic rings. The van der Waals surface area contributed by atoms with E-state index in [1.165, 1.54) is 0 Å². The van der Waals surface area contributed by atoms with Crippen molar-refractivity contribution < 1.29 is 14.2 Å². The first-order chi connectivity index (χ1) is 8.29. The average Bonchev–Trinajstić information content (AvgIpc) is 2.77. The van der Waals surface area contributed by atoms with E-state index in [4.69, 9.17) is 14.2 Å². The molecule has 1 N–H and O–H groups in total. The summed E-state index contributed by atoms with van der Waals surface area (Å²) in [5.41, 5.74) is 0.00430. The zero-order valence-electron chi connectivity index (χ0n) is 11.0. The summed E-state index contributed by atoms with van der Waals surface area (Å²) in [6.07, 6.45) is 3.28. The lowest BCUT2D eigenvalue weighted by Crippen LogP contribution is -2.48. The van der Waals surface area contributed by atoms with Gasteiger partial charge in [-0.25, -0.2) is 0 Å². The number of nitrogens with one attached hydrogen (secondary N) is 1. The van der Waals surface area contributed by atoms with Gasteiger partial charge in [0.05, 0.1) is 18.8 Å². The van der Waals surface area contributed by atoms with E-state index in [-0.39, 0.29) is 5.60 Å². The number of hydrogen-bond acceptors (Lipinski definition) is 4. The molecular formula is C13H25NO3. The van der Waals surface area contributed by atoms with Gasteiger partial charge >= 0.3 is 0 Å². The summed E-state index contributed by atoms with van der Waals surface area (Å²) in [4.78, 5) is 0. The molecule has 2 fully saturated rings. The Morgan fingerprint density at radius 3 is 3.00 bits per heavy atom. The molecule has 2 saturated heterocycles. The van der Waals surface area contributed by atoms with Crippen LogP contribution in [0.1, 0.15) is 26.2 Å². The molecule has 2 rings (SSSR count). The van der Waals surface area contributed by atoms with Gasteiger partial charge in [-0.05, 0) is 25.3 Å². The molecule has 1 spiro atoms. The summed E-state index contributed by atoms with van der Waals surface area (Å²) in [5, 5.41) is 3.54. The summed E-state index contributed by atoms with van der Waals surface area (Å²) < 4.78 is 16.8. The van der Waals surface area contributed by atoms with Crippen molar-refractivity contribution in [1.29, 1.82) is 0 Å². The Morgan fingerprint density at radius 1 is 1.47 bits per heavy atom.